The fourth-order valence-corrected chi connectivity index (χ4v) is 5.80. The molecule has 12 nitrogen and oxygen atoms in total. The lowest BCUT2D eigenvalue weighted by atomic mass is 9.98. The van der Waals surface area contributed by atoms with Crippen molar-refractivity contribution in [1.29, 1.82) is 0 Å². The minimum absolute atomic E-state index is 0.0317. The van der Waals surface area contributed by atoms with E-state index in [-0.39, 0.29) is 37.0 Å². The summed E-state index contributed by atoms with van der Waals surface area (Å²) in [4.78, 5) is 40.0. The number of hydrogen-bond donors (Lipinski definition) is 0. The van der Waals surface area contributed by atoms with Gasteiger partial charge >= 0.3 is 6.09 Å². The van der Waals surface area contributed by atoms with Gasteiger partial charge in [0.05, 0.1) is 97.0 Å². The lowest BCUT2D eigenvalue weighted by molar-refractivity contribution is -0.0177. The second-order valence-corrected chi connectivity index (χ2v) is 11.7. The van der Waals surface area contributed by atoms with Crippen LogP contribution < -0.4 is 0 Å². The van der Waals surface area contributed by atoms with Crippen LogP contribution in [0.4, 0.5) is 4.79 Å². The van der Waals surface area contributed by atoms with E-state index in [2.05, 4.69) is 24.3 Å². The number of fused-ring (bicyclic) bond motifs is 4. The molecule has 0 radical (unpaired) electrons. The third-order valence-corrected chi connectivity index (χ3v) is 8.42. The molecule has 50 heavy (non-hydrogen) atoms. The predicted molar refractivity (Wildman–Crippen MR) is 184 cm³/mol. The maximum absolute atomic E-state index is 12.6. The average molecular weight is 691 g/mol. The van der Waals surface area contributed by atoms with Crippen LogP contribution in [-0.2, 0) is 33.2 Å². The van der Waals surface area contributed by atoms with Gasteiger partial charge in [0.15, 0.2) is 0 Å². The normalized spacial score (nSPS) is 13.4. The Morgan fingerprint density at radius 3 is 1.40 bits per heavy atom. The topological polar surface area (TPSA) is 122 Å². The molecule has 268 valence electrons. The molecule has 0 bridgehead atoms. The fraction of sp³-hybridized carbons (Fsp3) is 0.447. The summed E-state index contributed by atoms with van der Waals surface area (Å²) in [7, 11) is 1.70. The molecule has 0 fully saturated rings. The highest BCUT2D eigenvalue weighted by atomic mass is 16.6. The average Bonchev–Trinajstić information content (AvgIpc) is 3.59. The number of amides is 3. The number of benzene rings is 3. The molecule has 0 aromatic heterocycles. The Morgan fingerprint density at radius 1 is 0.560 bits per heavy atom. The van der Waals surface area contributed by atoms with Crippen molar-refractivity contribution >= 4 is 17.9 Å². The molecule has 3 aromatic carbocycles. The fourth-order valence-electron chi connectivity index (χ4n) is 5.80. The van der Waals surface area contributed by atoms with Gasteiger partial charge in [-0.3, -0.25) is 14.5 Å². The van der Waals surface area contributed by atoms with Gasteiger partial charge in [-0.05, 0) is 34.4 Å². The minimum Gasteiger partial charge on any atom is -0.448 e. The molecular weight excluding hydrogens is 644 g/mol. The second-order valence-electron chi connectivity index (χ2n) is 11.7. The van der Waals surface area contributed by atoms with Gasteiger partial charge in [0, 0.05) is 19.5 Å². The molecule has 1 heterocycles. The number of hydrogen-bond acceptors (Lipinski definition) is 10. The Bertz CT molecular complexity index is 1470. The van der Waals surface area contributed by atoms with Gasteiger partial charge in [0.1, 0.15) is 6.61 Å². The predicted octanol–water partition coefficient (Wildman–Crippen LogP) is 4.26. The number of carbonyl (C=O) groups is 3. The number of likely N-dealkylation sites (N-methyl/N-ethyl adjacent to an activating group) is 1. The Morgan fingerprint density at radius 2 is 0.940 bits per heavy atom. The molecule has 0 N–H and O–H groups in total. The van der Waals surface area contributed by atoms with Gasteiger partial charge in [-0.1, -0.05) is 60.7 Å². The van der Waals surface area contributed by atoms with E-state index in [1.165, 1.54) is 32.1 Å². The van der Waals surface area contributed by atoms with Crippen molar-refractivity contribution in [3.8, 4) is 11.1 Å². The Balaban J connectivity index is 0.768. The van der Waals surface area contributed by atoms with Crippen molar-refractivity contribution in [2.45, 2.75) is 5.92 Å². The first-order valence-electron chi connectivity index (χ1n) is 17.0. The van der Waals surface area contributed by atoms with Crippen molar-refractivity contribution in [3.05, 3.63) is 95.1 Å². The number of ether oxygens (including phenoxy) is 7. The number of rotatable bonds is 23. The first-order chi connectivity index (χ1) is 24.6. The molecule has 0 saturated heterocycles. The maximum Gasteiger partial charge on any atom is 0.409 e. The van der Waals surface area contributed by atoms with E-state index in [0.717, 1.165) is 0 Å². The molecule has 5 rings (SSSR count). The zero-order valence-electron chi connectivity index (χ0n) is 28.6. The Hall–Kier alpha value is -4.17. The second kappa shape index (κ2) is 19.9. The largest absolute Gasteiger partial charge is 0.448 e. The van der Waals surface area contributed by atoms with Gasteiger partial charge in [0.25, 0.3) is 11.8 Å². The van der Waals surface area contributed by atoms with E-state index in [0.29, 0.717) is 97.0 Å². The minimum atomic E-state index is -0.373. The molecule has 1 aliphatic heterocycles. The van der Waals surface area contributed by atoms with E-state index in [4.69, 9.17) is 33.2 Å². The van der Waals surface area contributed by atoms with Crippen LogP contribution in [0.1, 0.15) is 37.8 Å². The van der Waals surface area contributed by atoms with E-state index >= 15 is 0 Å². The van der Waals surface area contributed by atoms with E-state index in [9.17, 15) is 14.4 Å². The van der Waals surface area contributed by atoms with Crippen LogP contribution in [0.25, 0.3) is 11.1 Å². The highest BCUT2D eigenvalue weighted by molar-refractivity contribution is 6.21. The summed E-state index contributed by atoms with van der Waals surface area (Å²) in [6, 6.07) is 23.3. The van der Waals surface area contributed by atoms with Crippen molar-refractivity contribution in [2.24, 2.45) is 0 Å². The van der Waals surface area contributed by atoms with Crippen LogP contribution in [0.5, 0.6) is 0 Å². The summed E-state index contributed by atoms with van der Waals surface area (Å²) in [5, 5.41) is 0. The Kier molecular flexibility index (Phi) is 14.7. The maximum atomic E-state index is 12.6. The van der Waals surface area contributed by atoms with Gasteiger partial charge in [0.2, 0.25) is 0 Å². The van der Waals surface area contributed by atoms with Crippen molar-refractivity contribution in [2.75, 3.05) is 106 Å². The lowest BCUT2D eigenvalue weighted by Crippen LogP contribution is -2.33. The Labute approximate surface area is 293 Å². The summed E-state index contributed by atoms with van der Waals surface area (Å²) in [5.74, 6) is -0.532. The van der Waals surface area contributed by atoms with Gasteiger partial charge in [-0.15, -0.1) is 0 Å². The number of nitrogens with zero attached hydrogens (tertiary/aromatic N) is 2. The zero-order chi connectivity index (χ0) is 35.0. The SMILES string of the molecule is CN(CCOCCOCCOCCOCCOCCOCCN1C(=O)c2ccccc2C1=O)C(=O)OCC1c2ccccc2-c2ccccc21. The summed E-state index contributed by atoms with van der Waals surface area (Å²) in [6.07, 6.45) is -0.373. The third kappa shape index (κ3) is 10.2. The molecule has 0 unspecified atom stereocenters. The highest BCUT2D eigenvalue weighted by Gasteiger charge is 2.34. The molecule has 3 aromatic rings. The van der Waals surface area contributed by atoms with Gasteiger partial charge in [-0.2, -0.15) is 0 Å². The third-order valence-electron chi connectivity index (χ3n) is 8.42. The summed E-state index contributed by atoms with van der Waals surface area (Å²) < 4.78 is 38.8. The van der Waals surface area contributed by atoms with Crippen LogP contribution in [0, 0.1) is 0 Å². The van der Waals surface area contributed by atoms with Gasteiger partial charge in [-0.25, -0.2) is 4.79 Å². The number of imide groups is 1. The van der Waals surface area contributed by atoms with Crippen LogP contribution in [0.2, 0.25) is 0 Å². The van der Waals surface area contributed by atoms with Gasteiger partial charge < -0.3 is 38.1 Å². The molecule has 2 aliphatic rings. The van der Waals surface area contributed by atoms with Crippen LogP contribution in [0.3, 0.4) is 0 Å². The van der Waals surface area contributed by atoms with Crippen LogP contribution in [0.15, 0.2) is 72.8 Å². The number of carbonyl (C=O) groups excluding carboxylic acids is 3. The smallest absolute Gasteiger partial charge is 0.409 e. The summed E-state index contributed by atoms with van der Waals surface area (Å²) >= 11 is 0. The molecule has 0 saturated carbocycles. The van der Waals surface area contributed by atoms with E-state index < -0.39 is 0 Å². The highest BCUT2D eigenvalue weighted by Crippen LogP contribution is 2.44. The monoisotopic (exact) mass is 690 g/mol. The molecule has 1 aliphatic carbocycles. The first kappa shape index (κ1) is 37.1. The lowest BCUT2D eigenvalue weighted by Gasteiger charge is -2.19. The van der Waals surface area contributed by atoms with Crippen molar-refractivity contribution < 1.29 is 47.5 Å². The van der Waals surface area contributed by atoms with E-state index in [1.807, 2.05) is 24.3 Å². The van der Waals surface area contributed by atoms with Crippen molar-refractivity contribution in [1.82, 2.24) is 9.80 Å². The quantitative estimate of drug-likeness (QED) is 0.105. The summed E-state index contributed by atoms with van der Waals surface area (Å²) in [6.45, 7) is 5.78. The molecule has 0 spiro atoms. The molecule has 0 atom stereocenters. The molecular formula is C38H46N2O10. The molecule has 3 amide bonds. The standard InChI is InChI=1S/C38H46N2O10/c1-39(38(43)50-28-35-31-10-4-2-8-29(31)30-9-3-5-11-32(30)35)14-16-44-18-20-46-22-24-48-26-27-49-25-23-47-21-19-45-17-15-40-36(41)33-12-6-7-13-34(33)37(40)42/h2-13,35H,14-28H2,1H3. The first-order valence-corrected chi connectivity index (χ1v) is 17.0. The van der Waals surface area contributed by atoms with Crippen LogP contribution >= 0.6 is 0 Å². The van der Waals surface area contributed by atoms with Crippen LogP contribution in [-0.4, -0.2) is 134 Å². The summed E-state index contributed by atoms with van der Waals surface area (Å²) in [5.41, 5.74) is 5.65. The molecule has 12 heteroatoms. The van der Waals surface area contributed by atoms with Crippen molar-refractivity contribution in [3.63, 3.8) is 0 Å². The van der Waals surface area contributed by atoms with E-state index in [1.54, 1.807) is 31.3 Å². The zero-order valence-corrected chi connectivity index (χ0v) is 28.6.